The second kappa shape index (κ2) is 14.2. The second-order valence-corrected chi connectivity index (χ2v) is 12.3. The molecule has 5 aromatic carbocycles. The lowest BCUT2D eigenvalue weighted by atomic mass is 9.94. The van der Waals surface area contributed by atoms with Gasteiger partial charge in [0.15, 0.2) is 0 Å². The molecule has 0 aliphatic carbocycles. The molecule has 0 radical (unpaired) electrons. The highest BCUT2D eigenvalue weighted by Gasteiger charge is 2.23. The summed E-state index contributed by atoms with van der Waals surface area (Å²) in [7, 11) is -3.84. The van der Waals surface area contributed by atoms with Gasteiger partial charge in [0.05, 0.1) is 11.3 Å². The smallest absolute Gasteiger partial charge is 0.305 e. The number of benzene rings is 5. The molecule has 0 heterocycles. The summed E-state index contributed by atoms with van der Waals surface area (Å²) in [6, 6.07) is 33.9. The first-order chi connectivity index (χ1) is 22.1. The van der Waals surface area contributed by atoms with E-state index in [-0.39, 0.29) is 36.2 Å². The number of nitrogens with zero attached hydrogens (tertiary/aromatic N) is 1. The average Bonchev–Trinajstić information content (AvgIpc) is 3.06. The van der Waals surface area contributed by atoms with Crippen molar-refractivity contribution in [2.45, 2.75) is 24.3 Å². The first-order valence-electron chi connectivity index (χ1n) is 14.7. The van der Waals surface area contributed by atoms with Gasteiger partial charge < -0.3 is 15.3 Å². The Hall–Kier alpha value is -5.32. The standard InChI is InChI=1S/C36H33N3O6S/c37-46(44,45)28-18-16-25(17-19-28)20-22-39(23-21-34(40)41)36(43)33-15-6-4-13-31(33)30-12-3-5-14-32(30)35(42)38-24-27-10-7-9-26-8-1-2-11-29(26)27/h1-19H,20-24H2,(H,38,42)(H,40,41)(H2,37,44,45). The second-order valence-electron chi connectivity index (χ2n) is 10.8. The fraction of sp³-hybridized carbons (Fsp3) is 0.139. The highest BCUT2D eigenvalue weighted by atomic mass is 32.2. The molecule has 5 rings (SSSR count). The molecule has 0 fully saturated rings. The van der Waals surface area contributed by atoms with Crippen LogP contribution in [0, 0.1) is 0 Å². The van der Waals surface area contributed by atoms with Crippen molar-refractivity contribution in [1.82, 2.24) is 10.2 Å². The number of carbonyl (C=O) groups is 3. The maximum Gasteiger partial charge on any atom is 0.305 e. The van der Waals surface area contributed by atoms with E-state index in [9.17, 15) is 27.9 Å². The van der Waals surface area contributed by atoms with E-state index in [1.807, 2.05) is 42.5 Å². The van der Waals surface area contributed by atoms with E-state index in [1.165, 1.54) is 17.0 Å². The van der Waals surface area contributed by atoms with E-state index in [0.717, 1.165) is 21.9 Å². The molecule has 9 nitrogen and oxygen atoms in total. The summed E-state index contributed by atoms with van der Waals surface area (Å²) in [5.74, 6) is -1.72. The van der Waals surface area contributed by atoms with Crippen LogP contribution < -0.4 is 10.5 Å². The van der Waals surface area contributed by atoms with Crippen LogP contribution >= 0.6 is 0 Å². The van der Waals surface area contributed by atoms with Crippen molar-refractivity contribution in [2.75, 3.05) is 13.1 Å². The Balaban J connectivity index is 1.39. The van der Waals surface area contributed by atoms with Crippen LogP contribution in [0.25, 0.3) is 21.9 Å². The van der Waals surface area contributed by atoms with E-state index >= 15 is 0 Å². The molecule has 46 heavy (non-hydrogen) atoms. The quantitative estimate of drug-likeness (QED) is 0.171. The van der Waals surface area contributed by atoms with Crippen LogP contribution in [0.15, 0.2) is 120 Å². The van der Waals surface area contributed by atoms with Crippen molar-refractivity contribution in [3.8, 4) is 11.1 Å². The molecule has 0 aliphatic heterocycles. The van der Waals surface area contributed by atoms with Crippen molar-refractivity contribution in [2.24, 2.45) is 5.14 Å². The third-order valence-electron chi connectivity index (χ3n) is 7.74. The van der Waals surface area contributed by atoms with Crippen molar-refractivity contribution in [1.29, 1.82) is 0 Å². The minimum Gasteiger partial charge on any atom is -0.481 e. The Labute approximate surface area is 267 Å². The zero-order valence-corrected chi connectivity index (χ0v) is 25.7. The van der Waals surface area contributed by atoms with Gasteiger partial charge in [0.25, 0.3) is 11.8 Å². The van der Waals surface area contributed by atoms with E-state index < -0.39 is 16.0 Å². The molecule has 0 atom stereocenters. The molecular formula is C36H33N3O6S. The number of carbonyl (C=O) groups excluding carboxylic acids is 2. The number of carboxylic acids is 1. The van der Waals surface area contributed by atoms with Gasteiger partial charge in [0.1, 0.15) is 0 Å². The summed E-state index contributed by atoms with van der Waals surface area (Å²) in [6.45, 7) is 0.462. The molecule has 0 saturated carbocycles. The highest BCUT2D eigenvalue weighted by molar-refractivity contribution is 7.89. The summed E-state index contributed by atoms with van der Waals surface area (Å²) in [5.41, 5.74) is 3.57. The number of sulfonamides is 1. The van der Waals surface area contributed by atoms with Gasteiger partial charge in [-0.15, -0.1) is 0 Å². The van der Waals surface area contributed by atoms with Crippen molar-refractivity contribution in [3.63, 3.8) is 0 Å². The number of aliphatic carboxylic acids is 1. The Morgan fingerprint density at radius 3 is 2.02 bits per heavy atom. The third kappa shape index (κ3) is 7.66. The molecular weight excluding hydrogens is 602 g/mol. The predicted molar refractivity (Wildman–Crippen MR) is 177 cm³/mol. The van der Waals surface area contributed by atoms with Crippen molar-refractivity contribution in [3.05, 3.63) is 138 Å². The minimum atomic E-state index is -3.84. The summed E-state index contributed by atoms with van der Waals surface area (Å²) in [6.07, 6.45) is 0.0943. The minimum absolute atomic E-state index is 0.0243. The molecule has 10 heteroatoms. The van der Waals surface area contributed by atoms with Crippen LogP contribution in [0.3, 0.4) is 0 Å². The van der Waals surface area contributed by atoms with Gasteiger partial charge in [-0.1, -0.05) is 91.0 Å². The molecule has 0 aliphatic rings. The van der Waals surface area contributed by atoms with E-state index in [0.29, 0.717) is 35.2 Å². The summed E-state index contributed by atoms with van der Waals surface area (Å²) >= 11 is 0. The monoisotopic (exact) mass is 635 g/mol. The van der Waals surface area contributed by atoms with Gasteiger partial charge in [-0.05, 0) is 63.7 Å². The van der Waals surface area contributed by atoms with Gasteiger partial charge >= 0.3 is 5.97 Å². The maximum absolute atomic E-state index is 14.0. The molecule has 0 spiro atoms. The lowest BCUT2D eigenvalue weighted by molar-refractivity contribution is -0.137. The number of carboxylic acid groups (broad SMARTS) is 1. The number of nitrogens with one attached hydrogen (secondary N) is 1. The first kappa shape index (κ1) is 32.1. The van der Waals surface area contributed by atoms with Crippen LogP contribution in [0.5, 0.6) is 0 Å². The number of primary sulfonamides is 1. The fourth-order valence-corrected chi connectivity index (χ4v) is 5.88. The lowest BCUT2D eigenvalue weighted by Gasteiger charge is -2.24. The van der Waals surface area contributed by atoms with Gasteiger partial charge in [0.2, 0.25) is 10.0 Å². The van der Waals surface area contributed by atoms with Gasteiger partial charge in [-0.2, -0.15) is 0 Å². The number of hydrogen-bond acceptors (Lipinski definition) is 5. The summed E-state index contributed by atoms with van der Waals surface area (Å²) in [5, 5.41) is 19.7. The summed E-state index contributed by atoms with van der Waals surface area (Å²) < 4.78 is 23.2. The predicted octanol–water partition coefficient (Wildman–Crippen LogP) is 5.24. The Morgan fingerprint density at radius 2 is 1.33 bits per heavy atom. The topological polar surface area (TPSA) is 147 Å². The molecule has 0 aromatic heterocycles. The maximum atomic E-state index is 14.0. The lowest BCUT2D eigenvalue weighted by Crippen LogP contribution is -2.35. The van der Waals surface area contributed by atoms with E-state index in [1.54, 1.807) is 60.7 Å². The number of nitrogens with two attached hydrogens (primary N) is 1. The number of rotatable bonds is 12. The van der Waals surface area contributed by atoms with Gasteiger partial charge in [-0.25, -0.2) is 13.6 Å². The van der Waals surface area contributed by atoms with E-state index in [4.69, 9.17) is 5.14 Å². The fourth-order valence-electron chi connectivity index (χ4n) is 5.36. The SMILES string of the molecule is NS(=O)(=O)c1ccc(CCN(CCC(=O)O)C(=O)c2ccccc2-c2ccccc2C(=O)NCc2cccc3ccccc23)cc1. The molecule has 234 valence electrons. The zero-order chi connectivity index (χ0) is 32.7. The first-order valence-corrected chi connectivity index (χ1v) is 16.2. The van der Waals surface area contributed by atoms with Crippen molar-refractivity contribution < 1.29 is 27.9 Å². The molecule has 4 N–H and O–H groups in total. The van der Waals surface area contributed by atoms with Crippen LogP contribution in [0.2, 0.25) is 0 Å². The molecule has 0 unspecified atom stereocenters. The van der Waals surface area contributed by atoms with Gasteiger partial charge in [0, 0.05) is 30.8 Å². The third-order valence-corrected chi connectivity index (χ3v) is 8.67. The molecule has 0 bridgehead atoms. The Morgan fingerprint density at radius 1 is 0.717 bits per heavy atom. The van der Waals surface area contributed by atoms with E-state index in [2.05, 4.69) is 5.32 Å². The normalized spacial score (nSPS) is 11.2. The number of hydrogen-bond donors (Lipinski definition) is 3. The van der Waals surface area contributed by atoms with Crippen LogP contribution in [-0.2, 0) is 27.8 Å². The average molecular weight is 636 g/mol. The number of amides is 2. The van der Waals surface area contributed by atoms with Gasteiger partial charge in [-0.3, -0.25) is 14.4 Å². The zero-order valence-electron chi connectivity index (χ0n) is 24.9. The molecule has 0 saturated heterocycles. The highest BCUT2D eigenvalue weighted by Crippen LogP contribution is 2.29. The number of fused-ring (bicyclic) bond motifs is 1. The molecule has 5 aromatic rings. The Bertz CT molecular complexity index is 2000. The largest absolute Gasteiger partial charge is 0.481 e. The summed E-state index contributed by atoms with van der Waals surface area (Å²) in [4.78, 5) is 40.5. The molecule has 2 amide bonds. The van der Waals surface area contributed by atoms with Crippen LogP contribution in [-0.4, -0.2) is 49.3 Å². The van der Waals surface area contributed by atoms with Crippen LogP contribution in [0.1, 0.15) is 38.3 Å². The van der Waals surface area contributed by atoms with Crippen molar-refractivity contribution >= 4 is 38.6 Å². The van der Waals surface area contributed by atoms with Crippen LogP contribution in [0.4, 0.5) is 0 Å². The Kier molecular flexibility index (Phi) is 9.90.